The number of nitrogens with zero attached hydrogens (tertiary/aromatic N) is 1. The van der Waals surface area contributed by atoms with Gasteiger partial charge in [0.1, 0.15) is 0 Å². The average molecular weight is 319 g/mol. The van der Waals surface area contributed by atoms with Crippen molar-refractivity contribution in [3.8, 4) is 0 Å². The first kappa shape index (κ1) is 15.9. The highest BCUT2D eigenvalue weighted by molar-refractivity contribution is 5.44. The van der Waals surface area contributed by atoms with E-state index in [1.807, 2.05) is 0 Å². The predicted octanol–water partition coefficient (Wildman–Crippen LogP) is 5.18. The number of rotatable bonds is 3. The van der Waals surface area contributed by atoms with E-state index in [1.54, 1.807) is 22.3 Å². The fourth-order valence-corrected chi connectivity index (χ4v) is 4.82. The first-order chi connectivity index (χ1) is 11.8. The van der Waals surface area contributed by atoms with Crippen LogP contribution in [0.2, 0.25) is 0 Å². The standard InChI is InChI=1S/C23H29N/c1-24-17-7-6-10-20(24)15-16-23-21-11-4-2-8-18(21)13-14-19-9-3-5-12-22(19)23/h2-5,8-9,11-12,20,23H,6-7,10,13-17H2,1H3. The molecule has 0 bridgehead atoms. The highest BCUT2D eigenvalue weighted by Crippen LogP contribution is 2.38. The second-order valence-electron chi connectivity index (χ2n) is 7.66. The van der Waals surface area contributed by atoms with Crippen LogP contribution in [0, 0.1) is 0 Å². The van der Waals surface area contributed by atoms with E-state index in [9.17, 15) is 0 Å². The molecule has 1 heteroatoms. The molecule has 1 nitrogen and oxygen atoms in total. The van der Waals surface area contributed by atoms with Crippen molar-refractivity contribution in [2.45, 2.75) is 56.9 Å². The zero-order valence-electron chi connectivity index (χ0n) is 14.9. The van der Waals surface area contributed by atoms with Gasteiger partial charge in [0.15, 0.2) is 0 Å². The van der Waals surface area contributed by atoms with Gasteiger partial charge in [-0.1, -0.05) is 55.0 Å². The maximum Gasteiger partial charge on any atom is 0.00953 e. The predicted molar refractivity (Wildman–Crippen MR) is 102 cm³/mol. The number of benzene rings is 2. The number of fused-ring (bicyclic) bond motifs is 2. The van der Waals surface area contributed by atoms with E-state index in [0.29, 0.717) is 5.92 Å². The third-order valence-corrected chi connectivity index (χ3v) is 6.23. The van der Waals surface area contributed by atoms with Crippen LogP contribution < -0.4 is 0 Å². The summed E-state index contributed by atoms with van der Waals surface area (Å²) >= 11 is 0. The first-order valence-corrected chi connectivity index (χ1v) is 9.69. The lowest BCUT2D eigenvalue weighted by Gasteiger charge is -2.33. The SMILES string of the molecule is CN1CCCCC1CCC1c2ccccc2CCc2ccccc21. The van der Waals surface area contributed by atoms with Crippen LogP contribution in [-0.2, 0) is 12.8 Å². The molecule has 1 saturated heterocycles. The Morgan fingerprint density at radius 1 is 0.833 bits per heavy atom. The average Bonchev–Trinajstić information content (AvgIpc) is 2.78. The van der Waals surface area contributed by atoms with Crippen molar-refractivity contribution in [1.82, 2.24) is 4.90 Å². The van der Waals surface area contributed by atoms with Crippen molar-refractivity contribution >= 4 is 0 Å². The molecular weight excluding hydrogens is 290 g/mol. The van der Waals surface area contributed by atoms with Crippen LogP contribution in [-0.4, -0.2) is 24.5 Å². The molecule has 0 aromatic heterocycles. The quantitative estimate of drug-likeness (QED) is 0.753. The zero-order chi connectivity index (χ0) is 16.4. The largest absolute Gasteiger partial charge is 0.303 e. The zero-order valence-corrected chi connectivity index (χ0v) is 14.9. The molecule has 1 aliphatic carbocycles. The summed E-state index contributed by atoms with van der Waals surface area (Å²) in [4.78, 5) is 2.60. The van der Waals surface area contributed by atoms with Gasteiger partial charge in [-0.05, 0) is 74.4 Å². The van der Waals surface area contributed by atoms with E-state index in [-0.39, 0.29) is 0 Å². The number of hydrogen-bond donors (Lipinski definition) is 0. The van der Waals surface area contributed by atoms with E-state index in [2.05, 4.69) is 60.5 Å². The Morgan fingerprint density at radius 2 is 1.46 bits per heavy atom. The summed E-state index contributed by atoms with van der Waals surface area (Å²) in [7, 11) is 2.32. The van der Waals surface area contributed by atoms with Crippen LogP contribution in [0.1, 0.15) is 60.3 Å². The highest BCUT2D eigenvalue weighted by Gasteiger charge is 2.25. The molecule has 2 aliphatic rings. The summed E-state index contributed by atoms with van der Waals surface area (Å²) in [5.41, 5.74) is 6.30. The van der Waals surface area contributed by atoms with Crippen molar-refractivity contribution in [1.29, 1.82) is 0 Å². The Hall–Kier alpha value is -1.60. The van der Waals surface area contributed by atoms with Crippen molar-refractivity contribution < 1.29 is 0 Å². The molecule has 2 aromatic rings. The van der Waals surface area contributed by atoms with E-state index < -0.39 is 0 Å². The first-order valence-electron chi connectivity index (χ1n) is 9.69. The van der Waals surface area contributed by atoms with E-state index in [1.165, 1.54) is 51.5 Å². The fraction of sp³-hybridized carbons (Fsp3) is 0.478. The van der Waals surface area contributed by atoms with Gasteiger partial charge in [0.2, 0.25) is 0 Å². The molecule has 0 radical (unpaired) electrons. The molecule has 1 fully saturated rings. The Morgan fingerprint density at radius 3 is 2.08 bits per heavy atom. The van der Waals surface area contributed by atoms with Gasteiger partial charge in [-0.25, -0.2) is 0 Å². The molecule has 4 rings (SSSR count). The van der Waals surface area contributed by atoms with Crippen LogP contribution in [0.3, 0.4) is 0 Å². The molecule has 2 aromatic carbocycles. The topological polar surface area (TPSA) is 3.24 Å². The lowest BCUT2D eigenvalue weighted by molar-refractivity contribution is 0.172. The normalized spacial score (nSPS) is 21.8. The molecule has 126 valence electrons. The Labute approximate surface area is 146 Å². The summed E-state index contributed by atoms with van der Waals surface area (Å²) < 4.78 is 0. The molecule has 0 spiro atoms. The second kappa shape index (κ2) is 7.11. The maximum absolute atomic E-state index is 2.60. The molecule has 24 heavy (non-hydrogen) atoms. The summed E-state index contributed by atoms with van der Waals surface area (Å²) in [6, 6.07) is 19.1. The van der Waals surface area contributed by atoms with Crippen molar-refractivity contribution in [2.75, 3.05) is 13.6 Å². The van der Waals surface area contributed by atoms with Gasteiger partial charge in [0, 0.05) is 12.0 Å². The van der Waals surface area contributed by atoms with Gasteiger partial charge < -0.3 is 4.90 Å². The molecule has 0 saturated carbocycles. The molecule has 1 unspecified atom stereocenters. The van der Waals surface area contributed by atoms with E-state index in [0.717, 1.165) is 6.04 Å². The smallest absolute Gasteiger partial charge is 0.00953 e. The van der Waals surface area contributed by atoms with Crippen molar-refractivity contribution in [3.63, 3.8) is 0 Å². The monoisotopic (exact) mass is 319 g/mol. The highest BCUT2D eigenvalue weighted by atomic mass is 15.1. The minimum absolute atomic E-state index is 0.579. The summed E-state index contributed by atoms with van der Waals surface area (Å²) in [5.74, 6) is 0.579. The maximum atomic E-state index is 2.60. The van der Waals surface area contributed by atoms with Crippen LogP contribution in [0.25, 0.3) is 0 Å². The lowest BCUT2D eigenvalue weighted by atomic mass is 9.83. The minimum atomic E-state index is 0.579. The summed E-state index contributed by atoms with van der Waals surface area (Å²) in [6.45, 7) is 1.28. The Kier molecular flexibility index (Phi) is 4.71. The van der Waals surface area contributed by atoms with Gasteiger partial charge in [0.05, 0.1) is 0 Å². The Bertz CT molecular complexity index is 642. The van der Waals surface area contributed by atoms with Crippen LogP contribution in [0.5, 0.6) is 0 Å². The van der Waals surface area contributed by atoms with Gasteiger partial charge in [0.25, 0.3) is 0 Å². The van der Waals surface area contributed by atoms with E-state index in [4.69, 9.17) is 0 Å². The van der Waals surface area contributed by atoms with Crippen LogP contribution in [0.4, 0.5) is 0 Å². The third kappa shape index (κ3) is 3.15. The molecule has 0 N–H and O–H groups in total. The van der Waals surface area contributed by atoms with Gasteiger partial charge in [-0.3, -0.25) is 0 Å². The molecule has 1 heterocycles. The van der Waals surface area contributed by atoms with Gasteiger partial charge >= 0.3 is 0 Å². The second-order valence-corrected chi connectivity index (χ2v) is 7.66. The minimum Gasteiger partial charge on any atom is -0.303 e. The van der Waals surface area contributed by atoms with Crippen molar-refractivity contribution in [3.05, 3.63) is 70.8 Å². The number of hydrogen-bond acceptors (Lipinski definition) is 1. The molecule has 0 amide bonds. The van der Waals surface area contributed by atoms with Crippen LogP contribution in [0.15, 0.2) is 48.5 Å². The van der Waals surface area contributed by atoms with Crippen molar-refractivity contribution in [2.24, 2.45) is 0 Å². The summed E-state index contributed by atoms with van der Waals surface area (Å²) in [5, 5.41) is 0. The number of piperidine rings is 1. The molecular formula is C23H29N. The number of likely N-dealkylation sites (tertiary alicyclic amines) is 1. The lowest BCUT2D eigenvalue weighted by Crippen LogP contribution is -2.36. The Balaban J connectivity index is 1.63. The summed E-state index contributed by atoms with van der Waals surface area (Å²) in [6.07, 6.45) is 9.15. The van der Waals surface area contributed by atoms with Gasteiger partial charge in [-0.15, -0.1) is 0 Å². The van der Waals surface area contributed by atoms with E-state index >= 15 is 0 Å². The van der Waals surface area contributed by atoms with Gasteiger partial charge in [-0.2, -0.15) is 0 Å². The molecule has 1 aliphatic heterocycles. The fourth-order valence-electron chi connectivity index (χ4n) is 4.82. The number of aryl methyl sites for hydroxylation is 2. The van der Waals surface area contributed by atoms with Crippen LogP contribution >= 0.6 is 0 Å². The third-order valence-electron chi connectivity index (χ3n) is 6.23. The molecule has 1 atom stereocenters.